The Morgan fingerprint density at radius 2 is 1.68 bits per heavy atom. The van der Waals surface area contributed by atoms with E-state index in [-0.39, 0.29) is 6.10 Å². The lowest BCUT2D eigenvalue weighted by Gasteiger charge is -2.29. The zero-order valence-electron chi connectivity index (χ0n) is 17.6. The molecule has 3 rings (SSSR count). The highest BCUT2D eigenvalue weighted by Gasteiger charge is 2.18. The standard InChI is InChI=1S/C24H33NO3/c1-18(2)21-15-19(3)16-23(17-21)28-24(9-10-25-11-13-27-14-12-25)20-5-7-22(26-4)8-6-20/h5-8,15-18,24H,9-14H2,1-4H3. The minimum atomic E-state index is 0.00978. The van der Waals surface area contributed by atoms with Crippen LogP contribution in [-0.4, -0.2) is 44.9 Å². The van der Waals surface area contributed by atoms with Crippen molar-refractivity contribution in [3.05, 3.63) is 59.2 Å². The highest BCUT2D eigenvalue weighted by Crippen LogP contribution is 2.30. The third-order valence-corrected chi connectivity index (χ3v) is 5.32. The average molecular weight is 384 g/mol. The van der Waals surface area contributed by atoms with Crippen LogP contribution in [0.1, 0.15) is 49.0 Å². The second kappa shape index (κ2) is 9.94. The van der Waals surface area contributed by atoms with Crippen molar-refractivity contribution in [1.29, 1.82) is 0 Å². The summed E-state index contributed by atoms with van der Waals surface area (Å²) in [6.45, 7) is 11.2. The molecule has 152 valence electrons. The van der Waals surface area contributed by atoms with E-state index >= 15 is 0 Å². The Hall–Kier alpha value is -2.04. The fourth-order valence-electron chi connectivity index (χ4n) is 3.58. The molecular formula is C24H33NO3. The molecule has 0 radical (unpaired) electrons. The first-order valence-corrected chi connectivity index (χ1v) is 10.3. The molecule has 1 atom stereocenters. The molecule has 1 fully saturated rings. The molecule has 0 amide bonds. The fourth-order valence-corrected chi connectivity index (χ4v) is 3.58. The van der Waals surface area contributed by atoms with Crippen LogP contribution in [0.3, 0.4) is 0 Å². The number of benzene rings is 2. The summed E-state index contributed by atoms with van der Waals surface area (Å²) >= 11 is 0. The maximum absolute atomic E-state index is 6.54. The number of aryl methyl sites for hydroxylation is 1. The van der Waals surface area contributed by atoms with Crippen LogP contribution in [0.4, 0.5) is 0 Å². The molecule has 0 aliphatic carbocycles. The topological polar surface area (TPSA) is 30.9 Å². The lowest BCUT2D eigenvalue weighted by atomic mass is 10.0. The minimum Gasteiger partial charge on any atom is -0.497 e. The number of hydrogen-bond acceptors (Lipinski definition) is 4. The maximum atomic E-state index is 6.54. The monoisotopic (exact) mass is 383 g/mol. The molecule has 1 unspecified atom stereocenters. The summed E-state index contributed by atoms with van der Waals surface area (Å²) in [5.74, 6) is 2.30. The van der Waals surface area contributed by atoms with Gasteiger partial charge < -0.3 is 14.2 Å². The molecule has 4 heteroatoms. The molecule has 2 aromatic carbocycles. The van der Waals surface area contributed by atoms with Gasteiger partial charge in [0.2, 0.25) is 0 Å². The van der Waals surface area contributed by atoms with E-state index in [2.05, 4.69) is 56.0 Å². The number of morpholine rings is 1. The smallest absolute Gasteiger partial charge is 0.125 e. The van der Waals surface area contributed by atoms with Gasteiger partial charge in [-0.3, -0.25) is 4.90 Å². The maximum Gasteiger partial charge on any atom is 0.125 e. The van der Waals surface area contributed by atoms with E-state index < -0.39 is 0 Å². The zero-order valence-corrected chi connectivity index (χ0v) is 17.6. The first kappa shape index (κ1) is 20.7. The van der Waals surface area contributed by atoms with E-state index in [9.17, 15) is 0 Å². The van der Waals surface area contributed by atoms with Crippen molar-refractivity contribution in [2.24, 2.45) is 0 Å². The molecule has 0 bridgehead atoms. The van der Waals surface area contributed by atoms with Crippen molar-refractivity contribution >= 4 is 0 Å². The quantitative estimate of drug-likeness (QED) is 0.644. The van der Waals surface area contributed by atoms with E-state index in [0.717, 1.165) is 50.8 Å². The highest BCUT2D eigenvalue weighted by atomic mass is 16.5. The van der Waals surface area contributed by atoms with Gasteiger partial charge in [-0.1, -0.05) is 32.0 Å². The Bertz CT molecular complexity index is 736. The van der Waals surface area contributed by atoms with E-state index in [1.807, 2.05) is 12.1 Å². The predicted octanol–water partition coefficient (Wildman–Crippen LogP) is 4.97. The second-order valence-electron chi connectivity index (χ2n) is 7.86. The van der Waals surface area contributed by atoms with Gasteiger partial charge in [0, 0.05) is 26.1 Å². The third kappa shape index (κ3) is 5.73. The Morgan fingerprint density at radius 3 is 2.32 bits per heavy atom. The Balaban J connectivity index is 1.78. The van der Waals surface area contributed by atoms with Crippen LogP contribution in [0.5, 0.6) is 11.5 Å². The summed E-state index contributed by atoms with van der Waals surface area (Å²) in [6, 6.07) is 14.8. The number of hydrogen-bond donors (Lipinski definition) is 0. The number of rotatable bonds is 8. The van der Waals surface area contributed by atoms with Crippen LogP contribution in [-0.2, 0) is 4.74 Å². The van der Waals surface area contributed by atoms with Crippen molar-refractivity contribution < 1.29 is 14.2 Å². The van der Waals surface area contributed by atoms with Crippen LogP contribution in [0.15, 0.2) is 42.5 Å². The number of nitrogens with zero attached hydrogens (tertiary/aromatic N) is 1. The predicted molar refractivity (Wildman–Crippen MR) is 114 cm³/mol. The summed E-state index contributed by atoms with van der Waals surface area (Å²) in [5.41, 5.74) is 3.74. The van der Waals surface area contributed by atoms with Crippen molar-refractivity contribution in [1.82, 2.24) is 4.90 Å². The first-order valence-electron chi connectivity index (χ1n) is 10.3. The molecular weight excluding hydrogens is 350 g/mol. The molecule has 1 heterocycles. The molecule has 1 aliphatic heterocycles. The van der Waals surface area contributed by atoms with Gasteiger partial charge in [0.15, 0.2) is 0 Å². The van der Waals surface area contributed by atoms with Crippen LogP contribution in [0.2, 0.25) is 0 Å². The summed E-state index contributed by atoms with van der Waals surface area (Å²) < 4.78 is 17.3. The highest BCUT2D eigenvalue weighted by molar-refractivity contribution is 5.36. The molecule has 1 aliphatic rings. The lowest BCUT2D eigenvalue weighted by Crippen LogP contribution is -2.37. The van der Waals surface area contributed by atoms with Gasteiger partial charge in [0.1, 0.15) is 17.6 Å². The normalized spacial score (nSPS) is 16.2. The first-order chi connectivity index (χ1) is 13.5. The molecule has 0 aromatic heterocycles. The molecule has 4 nitrogen and oxygen atoms in total. The van der Waals surface area contributed by atoms with Crippen LogP contribution in [0, 0.1) is 6.92 Å². The summed E-state index contributed by atoms with van der Waals surface area (Å²) in [6.07, 6.45) is 0.952. The van der Waals surface area contributed by atoms with Crippen molar-refractivity contribution in [2.75, 3.05) is 40.0 Å². The van der Waals surface area contributed by atoms with E-state index in [1.165, 1.54) is 16.7 Å². The molecule has 28 heavy (non-hydrogen) atoms. The minimum absolute atomic E-state index is 0.00978. The van der Waals surface area contributed by atoms with Gasteiger partial charge in [-0.25, -0.2) is 0 Å². The van der Waals surface area contributed by atoms with Gasteiger partial charge >= 0.3 is 0 Å². The van der Waals surface area contributed by atoms with Crippen LogP contribution < -0.4 is 9.47 Å². The Kier molecular flexibility index (Phi) is 7.35. The van der Waals surface area contributed by atoms with E-state index in [0.29, 0.717) is 5.92 Å². The molecule has 0 N–H and O–H groups in total. The van der Waals surface area contributed by atoms with Gasteiger partial charge in [0.05, 0.1) is 20.3 Å². The third-order valence-electron chi connectivity index (χ3n) is 5.32. The van der Waals surface area contributed by atoms with Gasteiger partial charge in [-0.2, -0.15) is 0 Å². The average Bonchev–Trinajstić information content (AvgIpc) is 2.71. The van der Waals surface area contributed by atoms with Crippen molar-refractivity contribution in [3.8, 4) is 11.5 Å². The fraction of sp³-hybridized carbons (Fsp3) is 0.500. The zero-order chi connectivity index (χ0) is 19.9. The molecule has 0 saturated carbocycles. The van der Waals surface area contributed by atoms with Gasteiger partial charge in [-0.05, 0) is 53.8 Å². The van der Waals surface area contributed by atoms with E-state index in [4.69, 9.17) is 14.2 Å². The van der Waals surface area contributed by atoms with Gasteiger partial charge in [0.25, 0.3) is 0 Å². The van der Waals surface area contributed by atoms with Crippen molar-refractivity contribution in [2.45, 2.75) is 39.2 Å². The van der Waals surface area contributed by atoms with Gasteiger partial charge in [-0.15, -0.1) is 0 Å². The Labute approximate surface area is 169 Å². The molecule has 1 saturated heterocycles. The second-order valence-corrected chi connectivity index (χ2v) is 7.86. The largest absolute Gasteiger partial charge is 0.497 e. The SMILES string of the molecule is COc1ccc(C(CCN2CCOCC2)Oc2cc(C)cc(C(C)C)c2)cc1. The summed E-state index contributed by atoms with van der Waals surface area (Å²) in [7, 11) is 1.70. The molecule has 0 spiro atoms. The number of ether oxygens (including phenoxy) is 3. The van der Waals surface area contributed by atoms with Crippen molar-refractivity contribution in [3.63, 3.8) is 0 Å². The molecule has 2 aromatic rings. The van der Waals surface area contributed by atoms with Crippen LogP contribution >= 0.6 is 0 Å². The summed E-state index contributed by atoms with van der Waals surface area (Å²) in [5, 5.41) is 0. The Morgan fingerprint density at radius 1 is 0.964 bits per heavy atom. The lowest BCUT2D eigenvalue weighted by molar-refractivity contribution is 0.0317. The van der Waals surface area contributed by atoms with E-state index in [1.54, 1.807) is 7.11 Å². The van der Waals surface area contributed by atoms with Crippen LogP contribution in [0.25, 0.3) is 0 Å². The summed E-state index contributed by atoms with van der Waals surface area (Å²) in [4.78, 5) is 2.46. The number of methoxy groups -OCH3 is 1.